The number of amidine groups is 1. The van der Waals surface area contributed by atoms with Crippen LogP contribution in [0.25, 0.3) is 0 Å². The largest absolute Gasteiger partial charge is 0.573 e. The van der Waals surface area contributed by atoms with Gasteiger partial charge < -0.3 is 15.4 Å². The van der Waals surface area contributed by atoms with Crippen molar-refractivity contribution in [1.82, 2.24) is 20.3 Å². The van der Waals surface area contributed by atoms with Crippen molar-refractivity contribution in [3.63, 3.8) is 0 Å². The van der Waals surface area contributed by atoms with Crippen LogP contribution in [-0.2, 0) is 26.0 Å². The standard InChI is InChI=1S/C32H39F3N6O6S/c1-21-19-24(41-15-4-14-36-13-3-5-27(42)37-30(41)44)20-22(2)26(21)10-18-48(45,46)40-16-11-31(12-17-40)29(43)38-28(39-31)23-6-8-25(9-7-23)47-32(33,34)35/h6-9,19-20,36H,3-5,10-18H2,1-2H3,(H,37,42,44)(H,38,39,43). The lowest BCUT2D eigenvalue weighted by Crippen LogP contribution is -2.50. The average molecular weight is 693 g/mol. The minimum atomic E-state index is -4.83. The molecule has 3 heterocycles. The van der Waals surface area contributed by atoms with Gasteiger partial charge >= 0.3 is 12.4 Å². The van der Waals surface area contributed by atoms with Gasteiger partial charge in [-0.2, -0.15) is 0 Å². The zero-order valence-electron chi connectivity index (χ0n) is 26.8. The van der Waals surface area contributed by atoms with Crippen LogP contribution in [0.5, 0.6) is 5.75 Å². The first-order valence-corrected chi connectivity index (χ1v) is 17.4. The molecule has 0 radical (unpaired) electrons. The highest BCUT2D eigenvalue weighted by atomic mass is 32.2. The number of urea groups is 1. The fraction of sp³-hybridized carbons (Fsp3) is 0.500. The number of alkyl halides is 3. The summed E-state index contributed by atoms with van der Waals surface area (Å²) >= 11 is 0. The van der Waals surface area contributed by atoms with Crippen molar-refractivity contribution in [3.8, 4) is 5.75 Å². The molecule has 0 unspecified atom stereocenters. The number of piperidine rings is 1. The highest BCUT2D eigenvalue weighted by Crippen LogP contribution is 2.33. The molecule has 0 saturated carbocycles. The van der Waals surface area contributed by atoms with Crippen molar-refractivity contribution in [3.05, 3.63) is 58.7 Å². The Morgan fingerprint density at radius 2 is 1.58 bits per heavy atom. The number of carbonyl (C=O) groups excluding carboxylic acids is 3. The molecule has 2 aromatic rings. The van der Waals surface area contributed by atoms with Crippen LogP contribution in [0.1, 0.15) is 54.4 Å². The van der Waals surface area contributed by atoms with E-state index in [1.54, 1.807) is 4.90 Å². The quantitative estimate of drug-likeness (QED) is 0.403. The number of nitrogens with zero attached hydrogens (tertiary/aromatic N) is 3. The van der Waals surface area contributed by atoms with Crippen LogP contribution in [0, 0.1) is 13.8 Å². The van der Waals surface area contributed by atoms with Gasteiger partial charge in [-0.05, 0) is 112 Å². The van der Waals surface area contributed by atoms with Crippen molar-refractivity contribution < 1.29 is 40.7 Å². The van der Waals surface area contributed by atoms with Gasteiger partial charge in [0.15, 0.2) is 0 Å². The molecule has 2 saturated heterocycles. The molecule has 3 N–H and O–H groups in total. The molecule has 2 aromatic carbocycles. The Bertz CT molecular complexity index is 1670. The molecule has 0 aliphatic carbocycles. The number of benzene rings is 2. The van der Waals surface area contributed by atoms with E-state index in [0.29, 0.717) is 43.7 Å². The van der Waals surface area contributed by atoms with Gasteiger partial charge in [0.25, 0.3) is 5.91 Å². The summed E-state index contributed by atoms with van der Waals surface area (Å²) in [6.45, 7) is 5.71. The molecule has 16 heteroatoms. The minimum absolute atomic E-state index is 0.0828. The van der Waals surface area contributed by atoms with Crippen LogP contribution in [-0.4, -0.2) is 86.8 Å². The number of nitrogens with one attached hydrogen (secondary N) is 3. The van der Waals surface area contributed by atoms with Gasteiger partial charge in [0.1, 0.15) is 17.1 Å². The fourth-order valence-corrected chi connectivity index (χ4v) is 7.74. The molecule has 4 amide bonds. The Hall–Kier alpha value is -4.02. The van der Waals surface area contributed by atoms with E-state index in [1.807, 2.05) is 26.0 Å². The normalized spacial score (nSPS) is 19.8. The van der Waals surface area contributed by atoms with Gasteiger partial charge in [0.2, 0.25) is 15.9 Å². The Morgan fingerprint density at radius 1 is 0.938 bits per heavy atom. The third-order valence-corrected chi connectivity index (χ3v) is 10.7. The molecule has 0 atom stereocenters. The first kappa shape index (κ1) is 35.3. The first-order chi connectivity index (χ1) is 22.7. The lowest BCUT2D eigenvalue weighted by atomic mass is 9.89. The van der Waals surface area contributed by atoms with Gasteiger partial charge in [-0.15, -0.1) is 13.2 Å². The number of hydrogen-bond acceptors (Lipinski definition) is 8. The minimum Gasteiger partial charge on any atom is -0.406 e. The van der Waals surface area contributed by atoms with E-state index in [9.17, 15) is 36.0 Å². The molecule has 12 nitrogen and oxygen atoms in total. The topological polar surface area (TPSA) is 150 Å². The number of aryl methyl sites for hydroxylation is 2. The molecule has 48 heavy (non-hydrogen) atoms. The predicted molar refractivity (Wildman–Crippen MR) is 172 cm³/mol. The summed E-state index contributed by atoms with van der Waals surface area (Å²) in [7, 11) is -3.70. The Kier molecular flexibility index (Phi) is 10.5. The van der Waals surface area contributed by atoms with Crippen LogP contribution in [0.4, 0.5) is 23.7 Å². The molecule has 1 spiro atoms. The van der Waals surface area contributed by atoms with Crippen LogP contribution >= 0.6 is 0 Å². The van der Waals surface area contributed by atoms with Gasteiger partial charge in [-0.25, -0.2) is 17.5 Å². The van der Waals surface area contributed by atoms with Crippen LogP contribution in [0.3, 0.4) is 0 Å². The number of imide groups is 1. The molecule has 2 fully saturated rings. The van der Waals surface area contributed by atoms with Crippen LogP contribution in [0.2, 0.25) is 0 Å². The van der Waals surface area contributed by atoms with E-state index in [4.69, 9.17) is 0 Å². The summed E-state index contributed by atoms with van der Waals surface area (Å²) in [5.74, 6) is -1.06. The van der Waals surface area contributed by atoms with Gasteiger partial charge in [-0.3, -0.25) is 24.8 Å². The lowest BCUT2D eigenvalue weighted by Gasteiger charge is -2.34. The molecule has 0 bridgehead atoms. The third kappa shape index (κ3) is 8.33. The highest BCUT2D eigenvalue weighted by molar-refractivity contribution is 7.89. The van der Waals surface area contributed by atoms with Crippen molar-refractivity contribution in [1.29, 1.82) is 0 Å². The highest BCUT2D eigenvalue weighted by Gasteiger charge is 2.47. The molecular weight excluding hydrogens is 653 g/mol. The summed E-state index contributed by atoms with van der Waals surface area (Å²) in [5, 5.41) is 8.43. The number of amides is 4. The number of anilines is 1. The Labute approximate surface area is 277 Å². The van der Waals surface area contributed by atoms with Gasteiger partial charge in [0, 0.05) is 37.3 Å². The average Bonchev–Trinajstić information content (AvgIpc) is 3.30. The SMILES string of the molecule is Cc1cc(N2CCCNCCCC(=O)NC2=O)cc(C)c1CCS(=O)(=O)N1CCC2(CC1)N=C(c1ccc(OC(F)(F)F)cc1)NC2=O. The maximum absolute atomic E-state index is 13.4. The fourth-order valence-electron chi connectivity index (χ4n) is 6.28. The number of carbonyl (C=O) groups is 3. The van der Waals surface area contributed by atoms with Crippen LogP contribution < -0.4 is 25.6 Å². The second-order valence-electron chi connectivity index (χ2n) is 12.3. The number of rotatable bonds is 7. The van der Waals surface area contributed by atoms with Crippen molar-refractivity contribution >= 4 is 39.4 Å². The number of ether oxygens (including phenoxy) is 1. The predicted octanol–water partition coefficient (Wildman–Crippen LogP) is 3.30. The lowest BCUT2D eigenvalue weighted by molar-refractivity contribution is -0.274. The summed E-state index contributed by atoms with van der Waals surface area (Å²) in [6.07, 6.45) is -2.69. The van der Waals surface area contributed by atoms with Crippen molar-refractivity contribution in [2.75, 3.05) is 43.4 Å². The third-order valence-electron chi connectivity index (χ3n) is 8.87. The monoisotopic (exact) mass is 692 g/mol. The molecule has 5 rings (SSSR count). The first-order valence-electron chi connectivity index (χ1n) is 15.8. The Morgan fingerprint density at radius 3 is 2.23 bits per heavy atom. The number of sulfonamides is 1. The summed E-state index contributed by atoms with van der Waals surface area (Å²) in [4.78, 5) is 44.3. The number of hydrogen-bond donors (Lipinski definition) is 3. The molecule has 0 aromatic heterocycles. The zero-order chi connectivity index (χ0) is 34.7. The van der Waals surface area contributed by atoms with Crippen molar-refractivity contribution in [2.24, 2.45) is 4.99 Å². The Balaban J connectivity index is 1.21. The van der Waals surface area contributed by atoms with E-state index in [-0.39, 0.29) is 62.2 Å². The molecule has 3 aliphatic rings. The summed E-state index contributed by atoms with van der Waals surface area (Å²) < 4.78 is 69.6. The number of aliphatic imine (C=N–C) groups is 1. The summed E-state index contributed by atoms with van der Waals surface area (Å²) in [6, 6.07) is 8.17. The van der Waals surface area contributed by atoms with E-state index >= 15 is 0 Å². The van der Waals surface area contributed by atoms with Crippen LogP contribution in [0.15, 0.2) is 41.4 Å². The van der Waals surface area contributed by atoms with E-state index < -0.39 is 33.7 Å². The number of halogens is 3. The molecule has 260 valence electrons. The smallest absolute Gasteiger partial charge is 0.406 e. The maximum atomic E-state index is 13.4. The van der Waals surface area contributed by atoms with E-state index in [0.717, 1.165) is 28.8 Å². The van der Waals surface area contributed by atoms with Crippen molar-refractivity contribution in [2.45, 2.75) is 64.3 Å². The maximum Gasteiger partial charge on any atom is 0.573 e. The van der Waals surface area contributed by atoms with Gasteiger partial charge in [-0.1, -0.05) is 0 Å². The second-order valence-corrected chi connectivity index (χ2v) is 14.3. The zero-order valence-corrected chi connectivity index (χ0v) is 27.6. The van der Waals surface area contributed by atoms with E-state index in [1.165, 1.54) is 16.4 Å². The second kappa shape index (κ2) is 14.2. The molecular formula is C32H39F3N6O6S. The summed E-state index contributed by atoms with van der Waals surface area (Å²) in [5.41, 5.74) is 2.37. The van der Waals surface area contributed by atoms with E-state index in [2.05, 4.69) is 25.7 Å². The molecule has 3 aliphatic heterocycles. The van der Waals surface area contributed by atoms with Gasteiger partial charge in [0.05, 0.1) is 5.75 Å².